The summed E-state index contributed by atoms with van der Waals surface area (Å²) in [6.45, 7) is 7.59. The summed E-state index contributed by atoms with van der Waals surface area (Å²) in [6.07, 6.45) is 3.46. The topological polar surface area (TPSA) is 56.7 Å². The molecule has 0 aliphatic rings. The summed E-state index contributed by atoms with van der Waals surface area (Å²) in [5, 5.41) is 11.6. The van der Waals surface area contributed by atoms with E-state index in [0.29, 0.717) is 11.4 Å². The lowest BCUT2D eigenvalue weighted by atomic mass is 9.85. The minimum absolute atomic E-state index is 0.415. The van der Waals surface area contributed by atoms with Gasteiger partial charge in [0, 0.05) is 13.6 Å². The molecule has 0 aromatic rings. The van der Waals surface area contributed by atoms with E-state index in [1.165, 1.54) is 12.8 Å². The molecule has 3 N–H and O–H groups in total. The second kappa shape index (κ2) is 6.65. The molecular weight excluding hydrogens is 178 g/mol. The Kier molecular flexibility index (Phi) is 6.28. The standard InChI is InChI=1S/C10H23N3O/c1-5-10(2,3)7-6-8-12-9(11-4)13-14/h14H,5-8H2,1-4H3,(H2,11,12,13). The van der Waals surface area contributed by atoms with Gasteiger partial charge in [-0.2, -0.15) is 0 Å². The molecule has 0 unspecified atom stereocenters. The fraction of sp³-hybridized carbons (Fsp3) is 0.900. The van der Waals surface area contributed by atoms with Gasteiger partial charge < -0.3 is 5.32 Å². The highest BCUT2D eigenvalue weighted by atomic mass is 16.5. The van der Waals surface area contributed by atoms with Crippen molar-refractivity contribution in [3.05, 3.63) is 0 Å². The van der Waals surface area contributed by atoms with Gasteiger partial charge in [0.2, 0.25) is 5.96 Å². The van der Waals surface area contributed by atoms with Gasteiger partial charge in [0.05, 0.1) is 0 Å². The quantitative estimate of drug-likeness (QED) is 0.275. The molecule has 0 atom stereocenters. The smallest absolute Gasteiger partial charge is 0.215 e. The summed E-state index contributed by atoms with van der Waals surface area (Å²) in [4.78, 5) is 3.81. The zero-order valence-electron chi connectivity index (χ0n) is 9.72. The Labute approximate surface area is 86.8 Å². The number of guanidine groups is 1. The van der Waals surface area contributed by atoms with Crippen molar-refractivity contribution in [3.63, 3.8) is 0 Å². The van der Waals surface area contributed by atoms with Crippen molar-refractivity contribution in [3.8, 4) is 0 Å². The van der Waals surface area contributed by atoms with Gasteiger partial charge in [-0.05, 0) is 18.3 Å². The average Bonchev–Trinajstić information content (AvgIpc) is 2.18. The fourth-order valence-electron chi connectivity index (χ4n) is 1.12. The summed E-state index contributed by atoms with van der Waals surface area (Å²) in [7, 11) is 1.63. The number of aliphatic imine (C=N–C) groups is 1. The lowest BCUT2D eigenvalue weighted by Crippen LogP contribution is -2.35. The molecule has 0 amide bonds. The predicted molar refractivity (Wildman–Crippen MR) is 59.6 cm³/mol. The predicted octanol–water partition coefficient (Wildman–Crippen LogP) is 1.76. The van der Waals surface area contributed by atoms with Crippen LogP contribution in [0.3, 0.4) is 0 Å². The van der Waals surface area contributed by atoms with Gasteiger partial charge in [-0.1, -0.05) is 27.2 Å². The van der Waals surface area contributed by atoms with Gasteiger partial charge in [-0.3, -0.25) is 10.2 Å². The molecule has 0 saturated heterocycles. The highest BCUT2D eigenvalue weighted by Crippen LogP contribution is 2.25. The number of nitrogens with zero attached hydrogens (tertiary/aromatic N) is 1. The van der Waals surface area contributed by atoms with Gasteiger partial charge in [-0.15, -0.1) is 0 Å². The maximum atomic E-state index is 8.59. The molecule has 0 saturated carbocycles. The van der Waals surface area contributed by atoms with Crippen molar-refractivity contribution in [2.45, 2.75) is 40.0 Å². The largest absolute Gasteiger partial charge is 0.355 e. The molecule has 0 heterocycles. The van der Waals surface area contributed by atoms with Gasteiger partial charge in [0.15, 0.2) is 0 Å². The van der Waals surface area contributed by atoms with Gasteiger partial charge in [0.25, 0.3) is 0 Å². The van der Waals surface area contributed by atoms with E-state index < -0.39 is 0 Å². The second-order valence-electron chi connectivity index (χ2n) is 4.23. The van der Waals surface area contributed by atoms with E-state index in [0.717, 1.165) is 13.0 Å². The first-order valence-corrected chi connectivity index (χ1v) is 5.16. The number of rotatable bonds is 5. The van der Waals surface area contributed by atoms with Crippen LogP contribution < -0.4 is 10.8 Å². The Balaban J connectivity index is 3.56. The van der Waals surface area contributed by atoms with Crippen molar-refractivity contribution in [1.82, 2.24) is 10.8 Å². The van der Waals surface area contributed by atoms with Crippen LogP contribution in [0.4, 0.5) is 0 Å². The molecule has 0 radical (unpaired) electrons. The molecular formula is C10H23N3O. The third-order valence-corrected chi connectivity index (χ3v) is 2.61. The van der Waals surface area contributed by atoms with Crippen molar-refractivity contribution in [1.29, 1.82) is 0 Å². The maximum absolute atomic E-state index is 8.59. The zero-order valence-corrected chi connectivity index (χ0v) is 9.72. The van der Waals surface area contributed by atoms with E-state index in [2.05, 4.69) is 31.1 Å². The number of nitrogens with one attached hydrogen (secondary N) is 2. The molecule has 0 aliphatic heterocycles. The van der Waals surface area contributed by atoms with Crippen molar-refractivity contribution < 1.29 is 5.21 Å². The van der Waals surface area contributed by atoms with Gasteiger partial charge in [-0.25, -0.2) is 5.48 Å². The minimum atomic E-state index is 0.415. The SMILES string of the molecule is CCC(C)(C)CCCNC(=NC)NO. The first kappa shape index (κ1) is 13.2. The zero-order chi connectivity index (χ0) is 11.0. The van der Waals surface area contributed by atoms with Crippen LogP contribution >= 0.6 is 0 Å². The molecule has 0 aromatic heterocycles. The monoisotopic (exact) mass is 201 g/mol. The molecule has 4 nitrogen and oxygen atoms in total. The van der Waals surface area contributed by atoms with E-state index in [4.69, 9.17) is 5.21 Å². The Hall–Kier alpha value is -0.770. The van der Waals surface area contributed by atoms with Crippen molar-refractivity contribution >= 4 is 5.96 Å². The van der Waals surface area contributed by atoms with Gasteiger partial charge in [0.1, 0.15) is 0 Å². The van der Waals surface area contributed by atoms with E-state index in [9.17, 15) is 0 Å². The first-order valence-electron chi connectivity index (χ1n) is 5.16. The fourth-order valence-corrected chi connectivity index (χ4v) is 1.12. The van der Waals surface area contributed by atoms with Crippen LogP contribution in [-0.2, 0) is 0 Å². The molecule has 0 spiro atoms. The summed E-state index contributed by atoms with van der Waals surface area (Å²) < 4.78 is 0. The number of hydroxylamine groups is 1. The van der Waals surface area contributed by atoms with E-state index in [1.54, 1.807) is 7.05 Å². The lowest BCUT2D eigenvalue weighted by Gasteiger charge is -2.22. The number of hydrogen-bond donors (Lipinski definition) is 3. The Morgan fingerprint density at radius 2 is 2.07 bits per heavy atom. The maximum Gasteiger partial charge on any atom is 0.215 e. The van der Waals surface area contributed by atoms with E-state index in [-0.39, 0.29) is 0 Å². The molecule has 0 aromatic carbocycles. The molecule has 0 rings (SSSR count). The third-order valence-electron chi connectivity index (χ3n) is 2.61. The minimum Gasteiger partial charge on any atom is -0.355 e. The molecule has 0 fully saturated rings. The molecule has 0 aliphatic carbocycles. The van der Waals surface area contributed by atoms with Crippen LogP contribution in [0.25, 0.3) is 0 Å². The van der Waals surface area contributed by atoms with Crippen molar-refractivity contribution in [2.24, 2.45) is 10.4 Å². The van der Waals surface area contributed by atoms with E-state index in [1.807, 2.05) is 5.48 Å². The Morgan fingerprint density at radius 3 is 2.50 bits per heavy atom. The molecule has 84 valence electrons. The van der Waals surface area contributed by atoms with Crippen LogP contribution in [0.15, 0.2) is 4.99 Å². The molecule has 0 bridgehead atoms. The second-order valence-corrected chi connectivity index (χ2v) is 4.23. The van der Waals surface area contributed by atoms with Crippen LogP contribution in [0.5, 0.6) is 0 Å². The summed E-state index contributed by atoms with van der Waals surface area (Å²) in [6, 6.07) is 0. The third kappa shape index (κ3) is 5.80. The lowest BCUT2D eigenvalue weighted by molar-refractivity contribution is 0.229. The van der Waals surface area contributed by atoms with Crippen LogP contribution in [0, 0.1) is 5.41 Å². The average molecular weight is 201 g/mol. The van der Waals surface area contributed by atoms with Crippen LogP contribution in [0.2, 0.25) is 0 Å². The normalized spacial score (nSPS) is 12.8. The Morgan fingerprint density at radius 1 is 1.43 bits per heavy atom. The summed E-state index contributed by atoms with van der Waals surface area (Å²) >= 11 is 0. The van der Waals surface area contributed by atoms with Crippen LogP contribution in [0.1, 0.15) is 40.0 Å². The Bertz CT molecular complexity index is 178. The first-order chi connectivity index (χ1) is 6.55. The summed E-state index contributed by atoms with van der Waals surface area (Å²) in [5.74, 6) is 0.430. The highest BCUT2D eigenvalue weighted by Gasteiger charge is 2.13. The molecule has 14 heavy (non-hydrogen) atoms. The van der Waals surface area contributed by atoms with Gasteiger partial charge >= 0.3 is 0 Å². The van der Waals surface area contributed by atoms with Crippen LogP contribution in [-0.4, -0.2) is 24.8 Å². The highest BCUT2D eigenvalue weighted by molar-refractivity contribution is 5.78. The molecule has 4 heteroatoms. The number of hydrogen-bond acceptors (Lipinski definition) is 2. The van der Waals surface area contributed by atoms with Crippen molar-refractivity contribution in [2.75, 3.05) is 13.6 Å². The summed E-state index contributed by atoms with van der Waals surface area (Å²) in [5.41, 5.74) is 2.42. The van der Waals surface area contributed by atoms with E-state index >= 15 is 0 Å².